The highest BCUT2D eigenvalue weighted by molar-refractivity contribution is 14.1. The van der Waals surface area contributed by atoms with Crippen molar-refractivity contribution in [3.8, 4) is 12.0 Å². The van der Waals surface area contributed by atoms with Crippen LogP contribution in [0, 0.1) is 12.0 Å². The molecular weight excluding hydrogens is 333 g/mol. The van der Waals surface area contributed by atoms with Crippen molar-refractivity contribution in [2.45, 2.75) is 11.0 Å². The van der Waals surface area contributed by atoms with Crippen molar-refractivity contribution < 1.29 is 14.3 Å². The number of hydrogen-bond donors (Lipinski definition) is 1. The number of hydrogen-bond acceptors (Lipinski definition) is 3. The van der Waals surface area contributed by atoms with Crippen molar-refractivity contribution in [2.75, 3.05) is 11.9 Å². The van der Waals surface area contributed by atoms with Crippen molar-refractivity contribution in [1.29, 1.82) is 0 Å². The van der Waals surface area contributed by atoms with Crippen LogP contribution in [0.1, 0.15) is 6.92 Å². The van der Waals surface area contributed by atoms with Crippen LogP contribution in [0.15, 0.2) is 30.3 Å². The summed E-state index contributed by atoms with van der Waals surface area (Å²) in [6, 6.07) is 9.09. The Hall–Kier alpha value is -1.42. The average Bonchev–Trinajstić information content (AvgIpc) is 2.30. The van der Waals surface area contributed by atoms with Gasteiger partial charge < -0.3 is 9.47 Å². The predicted octanol–water partition coefficient (Wildman–Crippen LogP) is 2.99. The Morgan fingerprint density at radius 3 is 2.82 bits per heavy atom. The third-order valence-electron chi connectivity index (χ3n) is 1.64. The molecule has 1 rings (SSSR count). The van der Waals surface area contributed by atoms with E-state index in [1.807, 2.05) is 40.8 Å². The first-order valence-corrected chi connectivity index (χ1v) is 6.17. The van der Waals surface area contributed by atoms with Gasteiger partial charge in [0.15, 0.2) is 4.11 Å². The summed E-state index contributed by atoms with van der Waals surface area (Å²) >= 11 is 1.96. The number of rotatable bonds is 4. The molecule has 1 N–H and O–H groups in total. The van der Waals surface area contributed by atoms with E-state index in [1.54, 1.807) is 19.1 Å². The number of alkyl halides is 1. The van der Waals surface area contributed by atoms with Crippen LogP contribution in [0.5, 0.6) is 0 Å². The van der Waals surface area contributed by atoms with Crippen molar-refractivity contribution in [3.05, 3.63) is 30.3 Å². The Labute approximate surface area is 114 Å². The molecule has 0 heterocycles. The van der Waals surface area contributed by atoms with E-state index >= 15 is 0 Å². The number of anilines is 1. The second kappa shape index (κ2) is 7.79. The predicted molar refractivity (Wildman–Crippen MR) is 73.8 cm³/mol. The van der Waals surface area contributed by atoms with Gasteiger partial charge in [0.05, 0.1) is 0 Å². The van der Waals surface area contributed by atoms with Crippen LogP contribution >= 0.6 is 22.6 Å². The largest absolute Gasteiger partial charge is 0.442 e. The first kappa shape index (κ1) is 13.6. The highest BCUT2D eigenvalue weighted by atomic mass is 127. The smallest absolute Gasteiger partial charge is 0.412 e. The van der Waals surface area contributed by atoms with Gasteiger partial charge in [-0.05, 0) is 34.7 Å². The van der Waals surface area contributed by atoms with Crippen LogP contribution in [0.4, 0.5) is 10.5 Å². The third kappa shape index (κ3) is 6.02. The van der Waals surface area contributed by atoms with Crippen molar-refractivity contribution in [3.63, 3.8) is 0 Å². The number of halogens is 1. The maximum atomic E-state index is 11.4. The summed E-state index contributed by atoms with van der Waals surface area (Å²) in [5, 5.41) is 2.61. The van der Waals surface area contributed by atoms with Crippen LogP contribution < -0.4 is 5.32 Å². The minimum atomic E-state index is -0.511. The lowest BCUT2D eigenvalue weighted by Gasteiger charge is -2.11. The molecule has 1 unspecified atom stereocenters. The molecular formula is C12H12INO3. The van der Waals surface area contributed by atoms with Crippen LogP contribution in [-0.4, -0.2) is 16.8 Å². The molecule has 1 atom stereocenters. The fourth-order valence-electron chi connectivity index (χ4n) is 0.998. The molecule has 0 aliphatic rings. The van der Waals surface area contributed by atoms with Gasteiger partial charge in [-0.15, -0.1) is 0 Å². The molecule has 5 heteroatoms. The summed E-state index contributed by atoms with van der Waals surface area (Å²) in [5.74, 6) is 2.58. The van der Waals surface area contributed by atoms with Crippen LogP contribution in [-0.2, 0) is 9.47 Å². The molecule has 90 valence electrons. The lowest BCUT2D eigenvalue weighted by atomic mass is 10.3. The molecule has 0 aliphatic carbocycles. The highest BCUT2D eigenvalue weighted by Gasteiger charge is 2.10. The Kier molecular flexibility index (Phi) is 6.25. The number of benzene rings is 1. The summed E-state index contributed by atoms with van der Waals surface area (Å²) in [6.07, 6.45) is 1.93. The lowest BCUT2D eigenvalue weighted by molar-refractivity contribution is 0.120. The molecule has 0 saturated carbocycles. The van der Waals surface area contributed by atoms with E-state index in [0.717, 1.165) is 0 Å². The van der Waals surface area contributed by atoms with Crippen LogP contribution in [0.3, 0.4) is 0 Å². The van der Waals surface area contributed by atoms with E-state index in [4.69, 9.17) is 9.47 Å². The van der Waals surface area contributed by atoms with E-state index in [1.165, 1.54) is 0 Å². The first-order valence-electron chi connectivity index (χ1n) is 4.92. The van der Waals surface area contributed by atoms with E-state index in [9.17, 15) is 4.79 Å². The molecule has 1 aromatic rings. The van der Waals surface area contributed by atoms with Crippen LogP contribution in [0.25, 0.3) is 0 Å². The van der Waals surface area contributed by atoms with Crippen molar-refractivity contribution in [1.82, 2.24) is 0 Å². The molecule has 1 amide bonds. The minimum absolute atomic E-state index is 0.240. The monoisotopic (exact) mass is 345 g/mol. The van der Waals surface area contributed by atoms with Crippen molar-refractivity contribution >= 4 is 34.4 Å². The highest BCUT2D eigenvalue weighted by Crippen LogP contribution is 2.08. The molecule has 0 aliphatic heterocycles. The zero-order chi connectivity index (χ0) is 12.5. The molecule has 4 nitrogen and oxygen atoms in total. The molecule has 17 heavy (non-hydrogen) atoms. The van der Waals surface area contributed by atoms with Gasteiger partial charge in [0.2, 0.25) is 0 Å². The van der Waals surface area contributed by atoms with Gasteiger partial charge >= 0.3 is 6.09 Å². The Morgan fingerprint density at radius 2 is 2.18 bits per heavy atom. The van der Waals surface area contributed by atoms with Gasteiger partial charge in [-0.2, -0.15) is 0 Å². The molecule has 0 radical (unpaired) electrons. The van der Waals surface area contributed by atoms with Gasteiger partial charge in [-0.3, -0.25) is 5.32 Å². The maximum Gasteiger partial charge on any atom is 0.412 e. The average molecular weight is 345 g/mol. The second-order valence-corrected chi connectivity index (χ2v) is 4.36. The Balaban J connectivity index is 2.31. The maximum absolute atomic E-state index is 11.4. The van der Waals surface area contributed by atoms with Crippen LogP contribution in [0.2, 0.25) is 0 Å². The molecule has 0 spiro atoms. The standard InChI is InChI=1S/C12H12INO3/c1-2-8-16-9-11(13)17-12(15)14-10-6-4-3-5-7-10/h3-7,11H,9H2,1H3,(H,14,15). The van der Waals surface area contributed by atoms with E-state index in [2.05, 4.69) is 17.3 Å². The summed E-state index contributed by atoms with van der Waals surface area (Å²) in [5.41, 5.74) is 0.690. The fraction of sp³-hybridized carbons (Fsp3) is 0.250. The summed E-state index contributed by atoms with van der Waals surface area (Å²) in [4.78, 5) is 11.4. The van der Waals surface area contributed by atoms with E-state index in [0.29, 0.717) is 5.69 Å². The number of carbonyl (C=O) groups is 1. The SMILES string of the molecule is CC#COCC(I)OC(=O)Nc1ccccc1. The molecule has 0 fully saturated rings. The number of carbonyl (C=O) groups excluding carboxylic acids is 1. The molecule has 0 aromatic heterocycles. The normalized spacial score (nSPS) is 10.7. The lowest BCUT2D eigenvalue weighted by Crippen LogP contribution is -2.21. The number of nitrogens with one attached hydrogen (secondary N) is 1. The van der Waals surface area contributed by atoms with Gasteiger partial charge in [0, 0.05) is 12.6 Å². The van der Waals surface area contributed by atoms with E-state index < -0.39 is 6.09 Å². The Bertz CT molecular complexity index is 411. The van der Waals surface area contributed by atoms with Gasteiger partial charge in [0.25, 0.3) is 0 Å². The van der Waals surface area contributed by atoms with Gasteiger partial charge in [0.1, 0.15) is 12.7 Å². The minimum Gasteiger partial charge on any atom is -0.442 e. The first-order chi connectivity index (χ1) is 8.22. The molecule has 1 aromatic carbocycles. The zero-order valence-electron chi connectivity index (χ0n) is 9.27. The zero-order valence-corrected chi connectivity index (χ0v) is 11.4. The van der Waals surface area contributed by atoms with Gasteiger partial charge in [-0.25, -0.2) is 4.79 Å². The number of amides is 1. The van der Waals surface area contributed by atoms with Crippen molar-refractivity contribution in [2.24, 2.45) is 0 Å². The number of para-hydroxylation sites is 1. The summed E-state index contributed by atoms with van der Waals surface area (Å²) in [7, 11) is 0. The molecule has 0 saturated heterocycles. The third-order valence-corrected chi connectivity index (χ3v) is 2.26. The summed E-state index contributed by atoms with van der Waals surface area (Å²) < 4.78 is 9.59. The van der Waals surface area contributed by atoms with E-state index in [-0.39, 0.29) is 10.7 Å². The quantitative estimate of drug-likeness (QED) is 0.519. The van der Waals surface area contributed by atoms with Gasteiger partial charge in [-0.1, -0.05) is 24.1 Å². The molecule has 0 bridgehead atoms. The second-order valence-electron chi connectivity index (χ2n) is 2.97. The summed E-state index contributed by atoms with van der Waals surface area (Å²) in [6.45, 7) is 1.91. The topological polar surface area (TPSA) is 47.6 Å². The fourth-order valence-corrected chi connectivity index (χ4v) is 1.41. The Morgan fingerprint density at radius 1 is 1.47 bits per heavy atom. The number of ether oxygens (including phenoxy) is 2.